The SMILES string of the molecule is c1ccc(-c2ccc(Oc3cccc(Oc4ccc5c6ccc(Oc7cccc(Oc8ccc(-c9ccccc9)cn8)c7)cc6n(-c6ncccn6)c5c4)c3)nc2)cc1. The fourth-order valence-electron chi connectivity index (χ4n) is 6.93. The second kappa shape index (κ2) is 15.7. The van der Waals surface area contributed by atoms with Crippen LogP contribution in [0.2, 0.25) is 0 Å². The van der Waals surface area contributed by atoms with E-state index in [2.05, 4.69) is 44.2 Å². The lowest BCUT2D eigenvalue weighted by Gasteiger charge is -2.11. The third-order valence-electron chi connectivity index (χ3n) is 9.68. The van der Waals surface area contributed by atoms with Gasteiger partial charge in [0.1, 0.15) is 34.5 Å². The molecular weight excluding hydrogens is 735 g/mol. The predicted octanol–water partition coefficient (Wildman–Crippen LogP) is 12.9. The summed E-state index contributed by atoms with van der Waals surface area (Å²) in [6.45, 7) is 0. The topological polar surface area (TPSA) is 93.4 Å². The van der Waals surface area contributed by atoms with Crippen LogP contribution in [0.3, 0.4) is 0 Å². The number of fused-ring (bicyclic) bond motifs is 3. The molecule has 59 heavy (non-hydrogen) atoms. The lowest BCUT2D eigenvalue weighted by atomic mass is 10.1. The van der Waals surface area contributed by atoms with Gasteiger partial charge < -0.3 is 18.9 Å². The number of benzene rings is 6. The van der Waals surface area contributed by atoms with Crippen molar-refractivity contribution in [3.05, 3.63) is 201 Å². The molecule has 0 bridgehead atoms. The molecule has 0 amide bonds. The van der Waals surface area contributed by atoms with Crippen LogP contribution in [-0.2, 0) is 0 Å². The summed E-state index contributed by atoms with van der Waals surface area (Å²) in [5.41, 5.74) is 5.97. The largest absolute Gasteiger partial charge is 0.457 e. The van der Waals surface area contributed by atoms with E-state index >= 15 is 0 Å². The van der Waals surface area contributed by atoms with E-state index in [-0.39, 0.29) is 0 Å². The van der Waals surface area contributed by atoms with E-state index in [1.807, 2.05) is 163 Å². The molecule has 0 N–H and O–H groups in total. The Morgan fingerprint density at radius 1 is 0.322 bits per heavy atom. The number of hydrogen-bond donors (Lipinski definition) is 0. The Bertz CT molecular complexity index is 2840. The lowest BCUT2D eigenvalue weighted by Crippen LogP contribution is -2.00. The highest BCUT2D eigenvalue weighted by Gasteiger charge is 2.17. The van der Waals surface area contributed by atoms with Crippen molar-refractivity contribution >= 4 is 21.8 Å². The minimum absolute atomic E-state index is 0.488. The molecule has 0 saturated heterocycles. The van der Waals surface area contributed by atoms with Crippen LogP contribution in [-0.4, -0.2) is 24.5 Å². The van der Waals surface area contributed by atoms with Gasteiger partial charge in [-0.1, -0.05) is 72.8 Å². The Balaban J connectivity index is 0.902. The zero-order valence-electron chi connectivity index (χ0n) is 31.4. The van der Waals surface area contributed by atoms with Crippen LogP contribution in [0.5, 0.6) is 46.3 Å². The van der Waals surface area contributed by atoms with Crippen LogP contribution < -0.4 is 18.9 Å². The lowest BCUT2D eigenvalue weighted by molar-refractivity contribution is 0.449. The minimum Gasteiger partial charge on any atom is -0.457 e. The van der Waals surface area contributed by atoms with Crippen molar-refractivity contribution in [3.8, 4) is 74.5 Å². The van der Waals surface area contributed by atoms with Crippen molar-refractivity contribution in [2.75, 3.05) is 0 Å². The molecule has 0 aliphatic carbocycles. The zero-order valence-corrected chi connectivity index (χ0v) is 31.4. The van der Waals surface area contributed by atoms with Gasteiger partial charge >= 0.3 is 0 Å². The number of hydrogen-bond acceptors (Lipinski definition) is 8. The van der Waals surface area contributed by atoms with E-state index in [0.29, 0.717) is 52.2 Å². The van der Waals surface area contributed by atoms with Gasteiger partial charge in [0, 0.05) is 83.1 Å². The molecule has 10 rings (SSSR count). The van der Waals surface area contributed by atoms with E-state index in [0.717, 1.165) is 44.1 Å². The summed E-state index contributed by atoms with van der Waals surface area (Å²) in [4.78, 5) is 18.3. The van der Waals surface area contributed by atoms with Gasteiger partial charge in [0.05, 0.1) is 11.0 Å². The van der Waals surface area contributed by atoms with Crippen LogP contribution >= 0.6 is 0 Å². The van der Waals surface area contributed by atoms with E-state index in [4.69, 9.17) is 18.9 Å². The normalized spacial score (nSPS) is 11.1. The second-order valence-corrected chi connectivity index (χ2v) is 13.6. The molecule has 0 fully saturated rings. The van der Waals surface area contributed by atoms with Crippen LogP contribution in [0, 0.1) is 0 Å². The number of ether oxygens (including phenoxy) is 4. The molecule has 9 nitrogen and oxygen atoms in total. The summed E-state index contributed by atoms with van der Waals surface area (Å²) in [5.74, 6) is 5.21. The van der Waals surface area contributed by atoms with Crippen LogP contribution in [0.25, 0.3) is 50.0 Å². The van der Waals surface area contributed by atoms with Crippen molar-refractivity contribution in [1.29, 1.82) is 0 Å². The van der Waals surface area contributed by atoms with Gasteiger partial charge in [-0.15, -0.1) is 0 Å². The standard InChI is InChI=1S/C50H33N5O4/c1-3-10-34(11-4-1)36-18-24-48(53-32-36)58-40-16-7-14-38(28-40)56-42-20-22-44-45-23-21-43(31-47(45)55(46(44)30-42)50-51-26-9-27-52-50)57-39-15-8-17-41(29-39)59-49-25-19-37(33-54-49)35-12-5-2-6-13-35/h1-33H. The molecule has 282 valence electrons. The molecule has 0 unspecified atom stereocenters. The summed E-state index contributed by atoms with van der Waals surface area (Å²) < 4.78 is 27.1. The third kappa shape index (κ3) is 7.64. The van der Waals surface area contributed by atoms with E-state index in [1.54, 1.807) is 18.5 Å². The Hall–Kier alpha value is -8.30. The fourth-order valence-corrected chi connectivity index (χ4v) is 6.93. The molecule has 0 spiro atoms. The summed E-state index contributed by atoms with van der Waals surface area (Å²) in [5, 5.41) is 2.02. The number of aromatic nitrogens is 5. The maximum Gasteiger partial charge on any atom is 0.234 e. The third-order valence-corrected chi connectivity index (χ3v) is 9.68. The second-order valence-electron chi connectivity index (χ2n) is 13.6. The Morgan fingerprint density at radius 3 is 1.20 bits per heavy atom. The van der Waals surface area contributed by atoms with Crippen molar-refractivity contribution in [1.82, 2.24) is 24.5 Å². The van der Waals surface area contributed by atoms with Crippen LogP contribution in [0.15, 0.2) is 201 Å². The van der Waals surface area contributed by atoms with Crippen molar-refractivity contribution in [2.24, 2.45) is 0 Å². The van der Waals surface area contributed by atoms with Gasteiger partial charge in [0.25, 0.3) is 0 Å². The first-order valence-electron chi connectivity index (χ1n) is 19.0. The highest BCUT2D eigenvalue weighted by molar-refractivity contribution is 6.09. The predicted molar refractivity (Wildman–Crippen MR) is 229 cm³/mol. The maximum absolute atomic E-state index is 6.42. The maximum atomic E-state index is 6.42. The summed E-state index contributed by atoms with van der Waals surface area (Å²) in [6.07, 6.45) is 7.07. The van der Waals surface area contributed by atoms with Crippen molar-refractivity contribution < 1.29 is 18.9 Å². The highest BCUT2D eigenvalue weighted by Crippen LogP contribution is 2.38. The molecule has 0 atom stereocenters. The zero-order chi connectivity index (χ0) is 39.4. The fraction of sp³-hybridized carbons (Fsp3) is 0. The molecule has 10 aromatic rings. The Labute approximate surface area is 339 Å². The number of rotatable bonds is 11. The number of pyridine rings is 2. The Kier molecular flexibility index (Phi) is 9.34. The summed E-state index contributed by atoms with van der Waals surface area (Å²) >= 11 is 0. The molecule has 4 aromatic heterocycles. The first kappa shape index (κ1) is 35.1. The first-order chi connectivity index (χ1) is 29.2. The molecular formula is C50H33N5O4. The van der Waals surface area contributed by atoms with Gasteiger partial charge in [0.2, 0.25) is 17.7 Å². The van der Waals surface area contributed by atoms with Gasteiger partial charge in [-0.25, -0.2) is 19.9 Å². The monoisotopic (exact) mass is 767 g/mol. The van der Waals surface area contributed by atoms with E-state index < -0.39 is 0 Å². The molecule has 9 heteroatoms. The average Bonchev–Trinajstić information content (AvgIpc) is 3.61. The molecule has 0 radical (unpaired) electrons. The van der Waals surface area contributed by atoms with E-state index in [9.17, 15) is 0 Å². The molecule has 6 aromatic carbocycles. The van der Waals surface area contributed by atoms with Crippen molar-refractivity contribution in [3.63, 3.8) is 0 Å². The van der Waals surface area contributed by atoms with E-state index in [1.165, 1.54) is 0 Å². The smallest absolute Gasteiger partial charge is 0.234 e. The summed E-state index contributed by atoms with van der Waals surface area (Å²) in [7, 11) is 0. The van der Waals surface area contributed by atoms with Gasteiger partial charge in [-0.2, -0.15) is 0 Å². The molecule has 0 aliphatic heterocycles. The molecule has 0 saturated carbocycles. The van der Waals surface area contributed by atoms with Crippen molar-refractivity contribution in [2.45, 2.75) is 0 Å². The summed E-state index contributed by atoms with van der Waals surface area (Å²) in [6, 6.07) is 56.7. The first-order valence-corrected chi connectivity index (χ1v) is 19.0. The van der Waals surface area contributed by atoms with Gasteiger partial charge in [-0.3, -0.25) is 4.57 Å². The average molecular weight is 768 g/mol. The van der Waals surface area contributed by atoms with Gasteiger partial charge in [0.15, 0.2) is 0 Å². The molecule has 4 heterocycles. The quantitative estimate of drug-likeness (QED) is 0.128. The highest BCUT2D eigenvalue weighted by atomic mass is 16.5. The number of nitrogens with zero attached hydrogens (tertiary/aromatic N) is 5. The minimum atomic E-state index is 0.488. The Morgan fingerprint density at radius 2 is 0.763 bits per heavy atom. The van der Waals surface area contributed by atoms with Crippen LogP contribution in [0.1, 0.15) is 0 Å². The van der Waals surface area contributed by atoms with Crippen LogP contribution in [0.4, 0.5) is 0 Å². The molecule has 0 aliphatic rings. The van der Waals surface area contributed by atoms with Gasteiger partial charge in [-0.05, 0) is 77.9 Å².